The normalized spacial score (nSPS) is 26.2. The van der Waals surface area contributed by atoms with E-state index in [0.29, 0.717) is 12.1 Å². The number of ether oxygens (including phenoxy) is 2. The summed E-state index contributed by atoms with van der Waals surface area (Å²) in [7, 11) is 0. The lowest BCUT2D eigenvalue weighted by Gasteiger charge is -2.30. The van der Waals surface area contributed by atoms with E-state index >= 15 is 0 Å². The number of rotatable bonds is 6. The van der Waals surface area contributed by atoms with E-state index in [1.54, 1.807) is 0 Å². The highest BCUT2D eigenvalue weighted by Gasteiger charge is 2.24. The van der Waals surface area contributed by atoms with Crippen molar-refractivity contribution in [1.82, 2.24) is 10.6 Å². The average molecular weight is 326 g/mol. The Morgan fingerprint density at radius 2 is 1.61 bits per heavy atom. The number of carbonyl (C=O) groups is 1. The van der Waals surface area contributed by atoms with Crippen molar-refractivity contribution in [3.8, 4) is 0 Å². The molecule has 0 radical (unpaired) electrons. The van der Waals surface area contributed by atoms with Gasteiger partial charge in [-0.25, -0.2) is 4.79 Å². The maximum absolute atomic E-state index is 11.8. The van der Waals surface area contributed by atoms with Gasteiger partial charge in [-0.1, -0.05) is 12.8 Å². The van der Waals surface area contributed by atoms with Crippen LogP contribution in [0.4, 0.5) is 4.79 Å². The Balaban J connectivity index is 1.52. The number of nitrogens with one attached hydrogen (secondary N) is 2. The summed E-state index contributed by atoms with van der Waals surface area (Å²) in [6, 6.07) is 0.802. The minimum absolute atomic E-state index is 0.248. The fraction of sp³-hybridized carbons (Fsp3) is 0.944. The van der Waals surface area contributed by atoms with Gasteiger partial charge in [0, 0.05) is 18.6 Å². The summed E-state index contributed by atoms with van der Waals surface area (Å²) in [5, 5.41) is 6.58. The molecule has 0 aromatic carbocycles. The molecule has 2 saturated carbocycles. The molecule has 1 amide bonds. The van der Waals surface area contributed by atoms with E-state index in [0.717, 1.165) is 38.8 Å². The van der Waals surface area contributed by atoms with E-state index in [-0.39, 0.29) is 12.1 Å². The SMILES string of the molecule is CC(C)(C)OC(=O)NC1CCC(NCCOC2CCCC2)CC1. The third-order valence-corrected chi connectivity index (χ3v) is 4.64. The average Bonchev–Trinajstić information content (AvgIpc) is 2.96. The quantitative estimate of drug-likeness (QED) is 0.735. The number of hydrogen-bond acceptors (Lipinski definition) is 4. The van der Waals surface area contributed by atoms with Crippen LogP contribution < -0.4 is 10.6 Å². The Bertz CT molecular complexity index is 354. The number of alkyl carbamates (subject to hydrolysis) is 1. The van der Waals surface area contributed by atoms with E-state index in [1.165, 1.54) is 25.7 Å². The molecule has 2 rings (SSSR count). The molecule has 23 heavy (non-hydrogen) atoms. The Kier molecular flexibility index (Phi) is 7.15. The molecule has 2 aliphatic rings. The predicted molar refractivity (Wildman–Crippen MR) is 91.6 cm³/mol. The second kappa shape index (κ2) is 8.88. The van der Waals surface area contributed by atoms with Crippen molar-refractivity contribution < 1.29 is 14.3 Å². The van der Waals surface area contributed by atoms with Crippen LogP contribution in [0.25, 0.3) is 0 Å². The van der Waals surface area contributed by atoms with Gasteiger partial charge in [-0.2, -0.15) is 0 Å². The van der Waals surface area contributed by atoms with Crippen molar-refractivity contribution in [2.45, 2.75) is 95.9 Å². The van der Waals surface area contributed by atoms with E-state index in [4.69, 9.17) is 9.47 Å². The molecule has 0 unspecified atom stereocenters. The lowest BCUT2D eigenvalue weighted by Crippen LogP contribution is -2.44. The summed E-state index contributed by atoms with van der Waals surface area (Å²) >= 11 is 0. The van der Waals surface area contributed by atoms with Gasteiger partial charge in [-0.15, -0.1) is 0 Å². The monoisotopic (exact) mass is 326 g/mol. The van der Waals surface area contributed by atoms with E-state index in [9.17, 15) is 4.79 Å². The molecule has 0 bridgehead atoms. The molecule has 0 heterocycles. The van der Waals surface area contributed by atoms with Crippen LogP contribution in [-0.4, -0.2) is 43.0 Å². The molecule has 5 heteroatoms. The lowest BCUT2D eigenvalue weighted by molar-refractivity contribution is 0.0485. The summed E-state index contributed by atoms with van der Waals surface area (Å²) in [5.74, 6) is 0. The largest absolute Gasteiger partial charge is 0.444 e. The minimum Gasteiger partial charge on any atom is -0.444 e. The van der Waals surface area contributed by atoms with Crippen LogP contribution in [0.5, 0.6) is 0 Å². The van der Waals surface area contributed by atoms with Crippen LogP contribution in [0.3, 0.4) is 0 Å². The lowest BCUT2D eigenvalue weighted by atomic mass is 9.91. The summed E-state index contributed by atoms with van der Waals surface area (Å²) in [4.78, 5) is 11.8. The topological polar surface area (TPSA) is 59.6 Å². The van der Waals surface area contributed by atoms with Crippen molar-refractivity contribution >= 4 is 6.09 Å². The zero-order chi connectivity index (χ0) is 16.7. The van der Waals surface area contributed by atoms with Crippen molar-refractivity contribution in [1.29, 1.82) is 0 Å². The van der Waals surface area contributed by atoms with Gasteiger partial charge in [0.05, 0.1) is 12.7 Å². The van der Waals surface area contributed by atoms with Crippen molar-refractivity contribution in [2.24, 2.45) is 0 Å². The third-order valence-electron chi connectivity index (χ3n) is 4.64. The molecule has 0 atom stereocenters. The Morgan fingerprint density at radius 3 is 2.22 bits per heavy atom. The number of amides is 1. The van der Waals surface area contributed by atoms with Crippen LogP contribution in [0.15, 0.2) is 0 Å². The first kappa shape index (κ1) is 18.5. The zero-order valence-corrected chi connectivity index (χ0v) is 15.0. The van der Waals surface area contributed by atoms with Crippen molar-refractivity contribution in [3.63, 3.8) is 0 Å². The zero-order valence-electron chi connectivity index (χ0n) is 15.0. The molecule has 5 nitrogen and oxygen atoms in total. The van der Waals surface area contributed by atoms with Crippen LogP contribution in [-0.2, 0) is 9.47 Å². The Hall–Kier alpha value is -0.810. The summed E-state index contributed by atoms with van der Waals surface area (Å²) in [6.07, 6.45) is 9.57. The Labute approximate surface area is 140 Å². The van der Waals surface area contributed by atoms with Crippen molar-refractivity contribution in [2.75, 3.05) is 13.2 Å². The van der Waals surface area contributed by atoms with Gasteiger partial charge in [0.1, 0.15) is 5.60 Å². The molecule has 0 saturated heterocycles. The van der Waals surface area contributed by atoms with Gasteiger partial charge in [-0.05, 0) is 59.3 Å². The highest BCUT2D eigenvalue weighted by atomic mass is 16.6. The first-order valence-corrected chi connectivity index (χ1v) is 9.27. The molecular formula is C18H34N2O3. The molecular weight excluding hydrogens is 292 g/mol. The number of hydrogen-bond donors (Lipinski definition) is 2. The van der Waals surface area contributed by atoms with Crippen LogP contribution >= 0.6 is 0 Å². The maximum atomic E-state index is 11.8. The Morgan fingerprint density at radius 1 is 1.00 bits per heavy atom. The van der Waals surface area contributed by atoms with Crippen molar-refractivity contribution in [3.05, 3.63) is 0 Å². The first-order valence-electron chi connectivity index (χ1n) is 9.27. The van der Waals surface area contributed by atoms with Gasteiger partial charge >= 0.3 is 6.09 Å². The highest BCUT2D eigenvalue weighted by molar-refractivity contribution is 5.68. The van der Waals surface area contributed by atoms with Gasteiger partial charge in [0.15, 0.2) is 0 Å². The van der Waals surface area contributed by atoms with Crippen LogP contribution in [0, 0.1) is 0 Å². The first-order chi connectivity index (χ1) is 10.9. The van der Waals surface area contributed by atoms with Gasteiger partial charge in [0.25, 0.3) is 0 Å². The van der Waals surface area contributed by atoms with Gasteiger partial charge in [-0.3, -0.25) is 0 Å². The molecule has 2 fully saturated rings. The molecule has 2 aliphatic carbocycles. The van der Waals surface area contributed by atoms with Crippen LogP contribution in [0.2, 0.25) is 0 Å². The standard InChI is InChI=1S/C18H34N2O3/c1-18(2,3)23-17(21)20-15-10-8-14(9-11-15)19-12-13-22-16-6-4-5-7-16/h14-16,19H,4-13H2,1-3H3,(H,20,21). The fourth-order valence-electron chi connectivity index (χ4n) is 3.46. The van der Waals surface area contributed by atoms with Gasteiger partial charge in [0.2, 0.25) is 0 Å². The predicted octanol–water partition coefficient (Wildman–Crippen LogP) is 3.37. The minimum atomic E-state index is -0.428. The van der Waals surface area contributed by atoms with Gasteiger partial charge < -0.3 is 20.1 Å². The third kappa shape index (κ3) is 7.53. The summed E-state index contributed by atoms with van der Waals surface area (Å²) in [5.41, 5.74) is -0.428. The second-order valence-corrected chi connectivity index (χ2v) is 7.93. The summed E-state index contributed by atoms with van der Waals surface area (Å²) < 4.78 is 11.2. The van der Waals surface area contributed by atoms with E-state index in [1.807, 2.05) is 20.8 Å². The van der Waals surface area contributed by atoms with E-state index in [2.05, 4.69) is 10.6 Å². The van der Waals surface area contributed by atoms with Crippen LogP contribution in [0.1, 0.15) is 72.1 Å². The summed E-state index contributed by atoms with van der Waals surface area (Å²) in [6.45, 7) is 7.43. The molecule has 0 aliphatic heterocycles. The molecule has 0 aromatic rings. The fourth-order valence-corrected chi connectivity index (χ4v) is 3.46. The number of carbonyl (C=O) groups excluding carboxylic acids is 1. The molecule has 134 valence electrons. The molecule has 2 N–H and O–H groups in total. The molecule has 0 spiro atoms. The molecule has 0 aromatic heterocycles. The second-order valence-electron chi connectivity index (χ2n) is 7.93. The van der Waals surface area contributed by atoms with E-state index < -0.39 is 5.60 Å². The highest BCUT2D eigenvalue weighted by Crippen LogP contribution is 2.21. The maximum Gasteiger partial charge on any atom is 0.407 e. The smallest absolute Gasteiger partial charge is 0.407 e.